The van der Waals surface area contributed by atoms with Crippen LogP contribution in [0.3, 0.4) is 0 Å². The highest BCUT2D eigenvalue weighted by Gasteiger charge is 2.37. The van der Waals surface area contributed by atoms with E-state index in [9.17, 15) is 18.0 Å². The van der Waals surface area contributed by atoms with Crippen LogP contribution in [0.4, 0.5) is 19.0 Å². The molecule has 1 aliphatic rings. The lowest BCUT2D eigenvalue weighted by Gasteiger charge is -2.07. The number of nitrogens with one attached hydrogen (secondary N) is 1. The summed E-state index contributed by atoms with van der Waals surface area (Å²) in [4.78, 5) is 12.2. The normalized spacial score (nSPS) is 14.2. The summed E-state index contributed by atoms with van der Waals surface area (Å²) in [5, 5.41) is 10.7. The highest BCUT2D eigenvalue weighted by atomic mass is 19.4. The summed E-state index contributed by atoms with van der Waals surface area (Å²) >= 11 is 0. The summed E-state index contributed by atoms with van der Waals surface area (Å²) in [6, 6.07) is 12.6. The van der Waals surface area contributed by atoms with E-state index in [0.29, 0.717) is 18.1 Å². The molecule has 0 spiro atoms. The Morgan fingerprint density at radius 2 is 1.90 bits per heavy atom. The molecule has 1 saturated carbocycles. The van der Waals surface area contributed by atoms with Crippen molar-refractivity contribution in [2.45, 2.75) is 44.4 Å². The second-order valence-electron chi connectivity index (χ2n) is 7.13. The molecule has 1 N–H and O–H groups in total. The molecule has 0 radical (unpaired) electrons. The fourth-order valence-electron chi connectivity index (χ4n) is 3.16. The van der Waals surface area contributed by atoms with E-state index < -0.39 is 11.9 Å². The van der Waals surface area contributed by atoms with E-state index in [4.69, 9.17) is 0 Å². The molecule has 1 aliphatic carbocycles. The van der Waals surface area contributed by atoms with E-state index in [0.717, 1.165) is 24.5 Å². The van der Waals surface area contributed by atoms with Gasteiger partial charge < -0.3 is 5.32 Å². The van der Waals surface area contributed by atoms with Crippen molar-refractivity contribution in [2.24, 2.45) is 0 Å². The molecule has 4 rings (SSSR count). The van der Waals surface area contributed by atoms with Crippen molar-refractivity contribution in [3.8, 4) is 0 Å². The number of alkyl halides is 3. The zero-order valence-corrected chi connectivity index (χ0v) is 15.6. The topological polar surface area (TPSA) is 64.7 Å². The van der Waals surface area contributed by atoms with Crippen LogP contribution in [0.5, 0.6) is 0 Å². The summed E-state index contributed by atoms with van der Waals surface area (Å²) in [5.41, 5.74) is 0.733. The first kappa shape index (κ1) is 19.2. The molecule has 0 unspecified atom stereocenters. The second-order valence-corrected chi connectivity index (χ2v) is 7.13. The molecule has 0 bridgehead atoms. The second kappa shape index (κ2) is 7.73. The monoisotopic (exact) mass is 403 g/mol. The Morgan fingerprint density at radius 3 is 2.59 bits per heavy atom. The molecular weight excluding hydrogens is 383 g/mol. The Kier molecular flexibility index (Phi) is 5.12. The van der Waals surface area contributed by atoms with Crippen LogP contribution in [-0.4, -0.2) is 25.5 Å². The predicted molar refractivity (Wildman–Crippen MR) is 100 cm³/mol. The van der Waals surface area contributed by atoms with Gasteiger partial charge in [-0.2, -0.15) is 23.4 Å². The van der Waals surface area contributed by atoms with Crippen molar-refractivity contribution in [2.75, 3.05) is 5.32 Å². The number of aryl methyl sites for hydroxylation is 1. The molecule has 0 saturated heterocycles. The lowest BCUT2D eigenvalue weighted by molar-refractivity contribution is -0.141. The van der Waals surface area contributed by atoms with Crippen LogP contribution >= 0.6 is 0 Å². The van der Waals surface area contributed by atoms with Gasteiger partial charge in [-0.05, 0) is 24.5 Å². The summed E-state index contributed by atoms with van der Waals surface area (Å²) in [6.07, 6.45) is -0.994. The van der Waals surface area contributed by atoms with E-state index in [1.165, 1.54) is 4.68 Å². The summed E-state index contributed by atoms with van der Waals surface area (Å²) in [5.74, 6) is 0.195. The summed E-state index contributed by atoms with van der Waals surface area (Å²) < 4.78 is 41.9. The number of hydrogen-bond donors (Lipinski definition) is 1. The third kappa shape index (κ3) is 4.85. The van der Waals surface area contributed by atoms with Crippen LogP contribution in [0.15, 0.2) is 48.7 Å². The van der Waals surface area contributed by atoms with Crippen molar-refractivity contribution in [1.29, 1.82) is 0 Å². The number of hydrogen-bond acceptors (Lipinski definition) is 3. The number of benzene rings is 1. The van der Waals surface area contributed by atoms with Gasteiger partial charge in [0.1, 0.15) is 0 Å². The van der Waals surface area contributed by atoms with Gasteiger partial charge in [0.2, 0.25) is 5.91 Å². The Morgan fingerprint density at radius 1 is 1.14 bits per heavy atom. The molecule has 0 aliphatic heterocycles. The predicted octanol–water partition coefficient (Wildman–Crippen LogP) is 4.05. The molecule has 29 heavy (non-hydrogen) atoms. The fraction of sp³-hybridized carbons (Fsp3) is 0.350. The fourth-order valence-corrected chi connectivity index (χ4v) is 3.16. The first-order chi connectivity index (χ1) is 13.9. The van der Waals surface area contributed by atoms with Crippen LogP contribution in [0, 0.1) is 0 Å². The van der Waals surface area contributed by atoms with Crippen molar-refractivity contribution in [3.05, 3.63) is 65.6 Å². The number of carbonyl (C=O) groups excluding carboxylic acids is 1. The number of nitrogens with zero attached hydrogens (tertiary/aromatic N) is 4. The van der Waals surface area contributed by atoms with Crippen molar-refractivity contribution in [1.82, 2.24) is 19.6 Å². The molecule has 6 nitrogen and oxygen atoms in total. The van der Waals surface area contributed by atoms with Crippen molar-refractivity contribution >= 4 is 11.7 Å². The minimum absolute atomic E-state index is 0.0181. The standard InChI is InChI=1S/C20H20F3N5O/c21-20(22,23)17-12-16(15-6-7-15)28(25-17)11-9-19(29)24-18-8-10-27(26-18)13-14-4-2-1-3-5-14/h1-5,8,10,12,15H,6-7,9,11,13H2,(H,24,26,29). The molecule has 2 aromatic heterocycles. The Labute approximate surface area is 165 Å². The summed E-state index contributed by atoms with van der Waals surface area (Å²) in [7, 11) is 0. The summed E-state index contributed by atoms with van der Waals surface area (Å²) in [6.45, 7) is 0.674. The molecule has 3 aromatic rings. The molecule has 1 amide bonds. The average molecular weight is 403 g/mol. The third-order valence-electron chi connectivity index (χ3n) is 4.74. The van der Waals surface area contributed by atoms with Gasteiger partial charge in [-0.1, -0.05) is 30.3 Å². The Hall–Kier alpha value is -3.10. The third-order valence-corrected chi connectivity index (χ3v) is 4.74. The number of carbonyl (C=O) groups is 1. The maximum atomic E-state index is 12.9. The zero-order chi connectivity index (χ0) is 20.4. The number of amides is 1. The largest absolute Gasteiger partial charge is 0.435 e. The van der Waals surface area contributed by atoms with Gasteiger partial charge in [0.05, 0.1) is 6.54 Å². The molecule has 9 heteroatoms. The maximum absolute atomic E-state index is 12.9. The van der Waals surface area contributed by atoms with Crippen LogP contribution in [0.25, 0.3) is 0 Å². The van der Waals surface area contributed by atoms with Gasteiger partial charge in [0.25, 0.3) is 0 Å². The van der Waals surface area contributed by atoms with Gasteiger partial charge in [0, 0.05) is 36.8 Å². The van der Waals surface area contributed by atoms with Crippen LogP contribution in [0.2, 0.25) is 0 Å². The molecule has 1 fully saturated rings. The molecule has 1 aromatic carbocycles. The minimum atomic E-state index is -4.48. The van der Waals surface area contributed by atoms with Gasteiger partial charge in [-0.25, -0.2) is 0 Å². The first-order valence-electron chi connectivity index (χ1n) is 9.40. The van der Waals surface area contributed by atoms with Gasteiger partial charge in [-0.3, -0.25) is 14.2 Å². The van der Waals surface area contributed by atoms with Gasteiger partial charge >= 0.3 is 6.18 Å². The van der Waals surface area contributed by atoms with E-state index >= 15 is 0 Å². The smallest absolute Gasteiger partial charge is 0.309 e. The molecular formula is C20H20F3N5O. The highest BCUT2D eigenvalue weighted by Crippen LogP contribution is 2.42. The SMILES string of the molecule is O=C(CCn1nc(C(F)(F)F)cc1C1CC1)Nc1ccn(Cc2ccccc2)n1. The van der Waals surface area contributed by atoms with Crippen LogP contribution in [0.1, 0.15) is 42.1 Å². The lowest BCUT2D eigenvalue weighted by Crippen LogP contribution is -2.17. The van der Waals surface area contributed by atoms with E-state index in [2.05, 4.69) is 15.5 Å². The highest BCUT2D eigenvalue weighted by molar-refractivity contribution is 5.89. The zero-order valence-electron chi connectivity index (χ0n) is 15.6. The number of rotatable bonds is 7. The Bertz CT molecular complexity index is 989. The van der Waals surface area contributed by atoms with Crippen LogP contribution in [-0.2, 0) is 24.1 Å². The first-order valence-corrected chi connectivity index (χ1v) is 9.40. The molecule has 2 heterocycles. The van der Waals surface area contributed by atoms with Crippen molar-refractivity contribution in [3.63, 3.8) is 0 Å². The molecule has 0 atom stereocenters. The van der Waals surface area contributed by atoms with E-state index in [1.54, 1.807) is 16.9 Å². The lowest BCUT2D eigenvalue weighted by atomic mass is 10.2. The van der Waals surface area contributed by atoms with E-state index in [1.807, 2.05) is 30.3 Å². The number of anilines is 1. The van der Waals surface area contributed by atoms with Crippen molar-refractivity contribution < 1.29 is 18.0 Å². The maximum Gasteiger partial charge on any atom is 0.435 e. The quantitative estimate of drug-likeness (QED) is 0.647. The Balaban J connectivity index is 1.34. The average Bonchev–Trinajstić information content (AvgIpc) is 3.27. The minimum Gasteiger partial charge on any atom is -0.309 e. The molecule has 152 valence electrons. The number of aromatic nitrogens is 4. The van der Waals surface area contributed by atoms with Gasteiger partial charge in [0.15, 0.2) is 11.5 Å². The van der Waals surface area contributed by atoms with E-state index in [-0.39, 0.29) is 24.8 Å². The van der Waals surface area contributed by atoms with Crippen LogP contribution < -0.4 is 5.32 Å². The number of halogens is 3. The van der Waals surface area contributed by atoms with Gasteiger partial charge in [-0.15, -0.1) is 0 Å².